The minimum atomic E-state index is -3.81. The van der Waals surface area contributed by atoms with E-state index in [9.17, 15) is 12.8 Å². The molecule has 2 rings (SSSR count). The van der Waals surface area contributed by atoms with E-state index in [1.807, 2.05) is 0 Å². The highest BCUT2D eigenvalue weighted by Crippen LogP contribution is 2.28. The van der Waals surface area contributed by atoms with Gasteiger partial charge in [0.05, 0.1) is 14.2 Å². The van der Waals surface area contributed by atoms with Crippen molar-refractivity contribution >= 4 is 10.0 Å². The lowest BCUT2D eigenvalue weighted by molar-refractivity contribution is 0.392. The molecule has 0 heterocycles. The molecule has 0 aliphatic carbocycles. The maximum Gasteiger partial charge on any atom is 0.244 e. The van der Waals surface area contributed by atoms with Crippen LogP contribution in [0.25, 0.3) is 0 Å². The summed E-state index contributed by atoms with van der Waals surface area (Å²) >= 11 is 0. The van der Waals surface area contributed by atoms with Gasteiger partial charge in [0.2, 0.25) is 10.0 Å². The second kappa shape index (κ2) is 6.97. The molecule has 0 atom stereocenters. The van der Waals surface area contributed by atoms with Gasteiger partial charge in [-0.2, -0.15) is 0 Å². The molecule has 1 N–H and O–H groups in total. The van der Waals surface area contributed by atoms with E-state index in [-0.39, 0.29) is 23.0 Å². The van der Waals surface area contributed by atoms with Gasteiger partial charge in [-0.15, -0.1) is 0 Å². The van der Waals surface area contributed by atoms with E-state index in [2.05, 4.69) is 4.72 Å². The molecule has 0 saturated heterocycles. The first kappa shape index (κ1) is 17.2. The molecule has 124 valence electrons. The van der Waals surface area contributed by atoms with Crippen LogP contribution in [0.3, 0.4) is 0 Å². The Morgan fingerprint density at radius 2 is 1.83 bits per heavy atom. The van der Waals surface area contributed by atoms with Gasteiger partial charge in [0, 0.05) is 12.6 Å². The molecule has 0 bridgehead atoms. The number of hydrogen-bond acceptors (Lipinski definition) is 4. The summed E-state index contributed by atoms with van der Waals surface area (Å²) in [6, 6.07) is 8.97. The summed E-state index contributed by atoms with van der Waals surface area (Å²) in [6.45, 7) is 1.67. The minimum absolute atomic E-state index is 0.0156. The first-order chi connectivity index (χ1) is 10.9. The van der Waals surface area contributed by atoms with Crippen molar-refractivity contribution in [2.24, 2.45) is 0 Å². The van der Waals surface area contributed by atoms with Crippen LogP contribution in [-0.2, 0) is 16.6 Å². The highest BCUT2D eigenvalue weighted by Gasteiger charge is 2.20. The predicted molar refractivity (Wildman–Crippen MR) is 84.7 cm³/mol. The zero-order valence-corrected chi connectivity index (χ0v) is 13.9. The number of benzene rings is 2. The van der Waals surface area contributed by atoms with Crippen molar-refractivity contribution in [3.63, 3.8) is 0 Å². The Bertz CT molecular complexity index is 806. The first-order valence-electron chi connectivity index (χ1n) is 6.84. The van der Waals surface area contributed by atoms with Crippen LogP contribution in [0.15, 0.2) is 41.3 Å². The number of rotatable bonds is 6. The molecule has 2 aromatic rings. The average molecular weight is 339 g/mol. The van der Waals surface area contributed by atoms with Crippen molar-refractivity contribution in [1.82, 2.24) is 4.72 Å². The SMILES string of the molecule is COc1ccc(OC)c(S(=O)(=O)NCc2ccc(F)c(C)c2)c1. The predicted octanol–water partition coefficient (Wildman–Crippen LogP) is 2.63. The van der Waals surface area contributed by atoms with E-state index in [1.165, 1.54) is 38.5 Å². The third-order valence-corrected chi connectivity index (χ3v) is 4.77. The van der Waals surface area contributed by atoms with Crippen molar-refractivity contribution in [3.8, 4) is 11.5 Å². The molecule has 0 spiro atoms. The van der Waals surface area contributed by atoms with Crippen LogP contribution in [-0.4, -0.2) is 22.6 Å². The Kier molecular flexibility index (Phi) is 5.23. The molecule has 7 heteroatoms. The standard InChI is InChI=1S/C16H18FNO4S/c1-11-8-12(4-6-14(11)17)10-18-23(19,20)16-9-13(21-2)5-7-15(16)22-3/h4-9,18H,10H2,1-3H3. The Balaban J connectivity index is 2.26. The summed E-state index contributed by atoms with van der Waals surface area (Å²) < 4.78 is 50.8. The molecule has 5 nitrogen and oxygen atoms in total. The maximum atomic E-state index is 13.3. The molecule has 0 aliphatic rings. The lowest BCUT2D eigenvalue weighted by Gasteiger charge is -2.12. The van der Waals surface area contributed by atoms with Crippen molar-refractivity contribution in [1.29, 1.82) is 0 Å². The van der Waals surface area contributed by atoms with Gasteiger partial charge in [-0.25, -0.2) is 17.5 Å². The van der Waals surface area contributed by atoms with Crippen molar-refractivity contribution in [2.75, 3.05) is 14.2 Å². The van der Waals surface area contributed by atoms with Gasteiger partial charge in [-0.05, 0) is 36.2 Å². The molecule has 0 aromatic heterocycles. The Labute approximate surface area is 135 Å². The number of methoxy groups -OCH3 is 2. The van der Waals surface area contributed by atoms with Crippen LogP contribution in [0.1, 0.15) is 11.1 Å². The monoisotopic (exact) mass is 339 g/mol. The fraction of sp³-hybridized carbons (Fsp3) is 0.250. The lowest BCUT2D eigenvalue weighted by Crippen LogP contribution is -2.24. The van der Waals surface area contributed by atoms with Gasteiger partial charge in [0.25, 0.3) is 0 Å². The van der Waals surface area contributed by atoms with Crippen LogP contribution in [0.4, 0.5) is 4.39 Å². The van der Waals surface area contributed by atoms with Gasteiger partial charge in [-0.3, -0.25) is 0 Å². The van der Waals surface area contributed by atoms with E-state index in [1.54, 1.807) is 19.1 Å². The Morgan fingerprint density at radius 3 is 2.43 bits per heavy atom. The molecule has 0 aliphatic heterocycles. The van der Waals surface area contributed by atoms with Crippen LogP contribution in [0, 0.1) is 12.7 Å². The van der Waals surface area contributed by atoms with Crippen LogP contribution in [0.2, 0.25) is 0 Å². The minimum Gasteiger partial charge on any atom is -0.497 e. The van der Waals surface area contributed by atoms with Crippen molar-refractivity contribution < 1.29 is 22.3 Å². The van der Waals surface area contributed by atoms with Crippen molar-refractivity contribution in [3.05, 3.63) is 53.3 Å². The van der Waals surface area contributed by atoms with Gasteiger partial charge < -0.3 is 9.47 Å². The topological polar surface area (TPSA) is 64.6 Å². The van der Waals surface area contributed by atoms with Crippen LogP contribution < -0.4 is 14.2 Å². The number of sulfonamides is 1. The van der Waals surface area contributed by atoms with Crippen molar-refractivity contribution in [2.45, 2.75) is 18.4 Å². The fourth-order valence-corrected chi connectivity index (χ4v) is 3.27. The summed E-state index contributed by atoms with van der Waals surface area (Å²) in [4.78, 5) is -0.0156. The maximum absolute atomic E-state index is 13.3. The normalized spacial score (nSPS) is 11.3. The quantitative estimate of drug-likeness (QED) is 0.879. The van der Waals surface area contributed by atoms with Crippen LogP contribution in [0.5, 0.6) is 11.5 Å². The molecule has 0 saturated carbocycles. The van der Waals surface area contributed by atoms with Gasteiger partial charge in [0.15, 0.2) is 0 Å². The molecule has 2 aromatic carbocycles. The largest absolute Gasteiger partial charge is 0.497 e. The summed E-state index contributed by atoms with van der Waals surface area (Å²) in [6.07, 6.45) is 0. The number of halogens is 1. The zero-order valence-electron chi connectivity index (χ0n) is 13.1. The lowest BCUT2D eigenvalue weighted by atomic mass is 10.1. The summed E-state index contributed by atoms with van der Waals surface area (Å²) in [7, 11) is -0.961. The first-order valence-corrected chi connectivity index (χ1v) is 8.32. The fourth-order valence-electron chi connectivity index (χ4n) is 2.07. The van der Waals surface area contributed by atoms with Gasteiger partial charge in [0.1, 0.15) is 22.2 Å². The molecule has 0 radical (unpaired) electrons. The molecular formula is C16H18FNO4S. The van der Waals surface area contributed by atoms with Crippen LogP contribution >= 0.6 is 0 Å². The zero-order chi connectivity index (χ0) is 17.0. The smallest absolute Gasteiger partial charge is 0.244 e. The molecule has 23 heavy (non-hydrogen) atoms. The second-order valence-corrected chi connectivity index (χ2v) is 6.66. The highest BCUT2D eigenvalue weighted by molar-refractivity contribution is 7.89. The third kappa shape index (κ3) is 4.00. The molecule has 0 amide bonds. The summed E-state index contributed by atoms with van der Waals surface area (Å²) in [5.41, 5.74) is 1.12. The number of aryl methyl sites for hydroxylation is 1. The molecular weight excluding hydrogens is 321 g/mol. The third-order valence-electron chi connectivity index (χ3n) is 3.35. The number of ether oxygens (including phenoxy) is 2. The average Bonchev–Trinajstić information content (AvgIpc) is 2.55. The molecule has 0 unspecified atom stereocenters. The second-order valence-electron chi connectivity index (χ2n) is 4.92. The van der Waals surface area contributed by atoms with Gasteiger partial charge in [-0.1, -0.05) is 12.1 Å². The Morgan fingerprint density at radius 1 is 1.09 bits per heavy atom. The van der Waals surface area contributed by atoms with E-state index < -0.39 is 10.0 Å². The number of nitrogens with one attached hydrogen (secondary N) is 1. The van der Waals surface area contributed by atoms with E-state index in [4.69, 9.17) is 9.47 Å². The van der Waals surface area contributed by atoms with E-state index in [0.717, 1.165) is 0 Å². The molecule has 0 fully saturated rings. The Hall–Kier alpha value is -2.12. The van der Waals surface area contributed by atoms with E-state index in [0.29, 0.717) is 16.9 Å². The number of hydrogen-bond donors (Lipinski definition) is 1. The summed E-state index contributed by atoms with van der Waals surface area (Å²) in [5.74, 6) is 0.295. The van der Waals surface area contributed by atoms with E-state index >= 15 is 0 Å². The highest BCUT2D eigenvalue weighted by atomic mass is 32.2. The summed E-state index contributed by atoms with van der Waals surface area (Å²) in [5, 5.41) is 0. The van der Waals surface area contributed by atoms with Gasteiger partial charge >= 0.3 is 0 Å².